The molecule has 0 heterocycles. The normalized spacial score (nSPS) is 9.92. The van der Waals surface area contributed by atoms with Gasteiger partial charge in [0.15, 0.2) is 0 Å². The van der Waals surface area contributed by atoms with Gasteiger partial charge in [-0.05, 0) is 23.8 Å². The molecule has 0 radical (unpaired) electrons. The topological polar surface area (TPSA) is 58.6 Å². The van der Waals surface area contributed by atoms with Gasteiger partial charge in [-0.2, -0.15) is 5.48 Å². The van der Waals surface area contributed by atoms with Crippen molar-refractivity contribution in [3.05, 3.63) is 29.3 Å². The predicted octanol–water partition coefficient (Wildman–Crippen LogP) is 0.856. The molecule has 0 atom stereocenters. The van der Waals surface area contributed by atoms with Crippen LogP contribution in [-0.4, -0.2) is 18.5 Å². The summed E-state index contributed by atoms with van der Waals surface area (Å²) in [5, 5.41) is 9.15. The third-order valence-electron chi connectivity index (χ3n) is 1.66. The lowest BCUT2D eigenvalue weighted by atomic mass is 10.1. The van der Waals surface area contributed by atoms with Crippen LogP contribution < -0.4 is 5.48 Å². The zero-order valence-corrected chi connectivity index (χ0v) is 7.28. The fourth-order valence-corrected chi connectivity index (χ4v) is 1.01. The first-order valence-corrected chi connectivity index (χ1v) is 3.81. The Labute approximate surface area is 76.1 Å². The van der Waals surface area contributed by atoms with Crippen LogP contribution in [0.15, 0.2) is 18.2 Å². The molecule has 0 bridgehead atoms. The van der Waals surface area contributed by atoms with Crippen molar-refractivity contribution in [3.8, 4) is 5.75 Å². The Morgan fingerprint density at radius 2 is 2.38 bits per heavy atom. The smallest absolute Gasteiger partial charge is 0.150 e. The predicted molar refractivity (Wildman–Crippen MR) is 47.3 cm³/mol. The SMILES string of the molecule is CONCc1cc(O)ccc1C=O. The van der Waals surface area contributed by atoms with Crippen molar-refractivity contribution in [1.82, 2.24) is 5.48 Å². The van der Waals surface area contributed by atoms with E-state index in [-0.39, 0.29) is 5.75 Å². The molecule has 0 aliphatic rings. The monoisotopic (exact) mass is 181 g/mol. The summed E-state index contributed by atoms with van der Waals surface area (Å²) in [5.74, 6) is 0.138. The molecule has 70 valence electrons. The molecular weight excluding hydrogens is 170 g/mol. The molecule has 0 unspecified atom stereocenters. The molecule has 0 spiro atoms. The van der Waals surface area contributed by atoms with E-state index in [0.29, 0.717) is 17.7 Å². The third kappa shape index (κ3) is 2.54. The summed E-state index contributed by atoms with van der Waals surface area (Å²) in [7, 11) is 1.49. The van der Waals surface area contributed by atoms with Crippen LogP contribution in [0.2, 0.25) is 0 Å². The zero-order chi connectivity index (χ0) is 9.68. The Hall–Kier alpha value is -1.39. The lowest BCUT2D eigenvalue weighted by Gasteiger charge is -2.05. The number of benzene rings is 1. The summed E-state index contributed by atoms with van der Waals surface area (Å²) < 4.78 is 0. The Morgan fingerprint density at radius 1 is 1.62 bits per heavy atom. The molecule has 0 fully saturated rings. The van der Waals surface area contributed by atoms with Gasteiger partial charge in [0.2, 0.25) is 0 Å². The van der Waals surface area contributed by atoms with Crippen LogP contribution in [0.1, 0.15) is 15.9 Å². The molecule has 0 saturated carbocycles. The number of aromatic hydroxyl groups is 1. The molecule has 0 aromatic heterocycles. The lowest BCUT2D eigenvalue weighted by molar-refractivity contribution is 0.0863. The zero-order valence-electron chi connectivity index (χ0n) is 7.28. The maximum Gasteiger partial charge on any atom is 0.150 e. The van der Waals surface area contributed by atoms with Gasteiger partial charge in [-0.1, -0.05) is 0 Å². The largest absolute Gasteiger partial charge is 0.508 e. The van der Waals surface area contributed by atoms with Crippen LogP contribution in [-0.2, 0) is 11.4 Å². The van der Waals surface area contributed by atoms with E-state index in [9.17, 15) is 4.79 Å². The second-order valence-electron chi connectivity index (χ2n) is 2.53. The second-order valence-corrected chi connectivity index (χ2v) is 2.53. The van der Waals surface area contributed by atoms with Crippen molar-refractivity contribution in [2.75, 3.05) is 7.11 Å². The minimum atomic E-state index is 0.138. The summed E-state index contributed by atoms with van der Waals surface area (Å²) in [6.07, 6.45) is 0.742. The van der Waals surface area contributed by atoms with Gasteiger partial charge in [0, 0.05) is 12.1 Å². The standard InChI is InChI=1S/C9H11NO3/c1-13-10-5-8-4-9(12)3-2-7(8)6-11/h2-4,6,10,12H,5H2,1H3. The van der Waals surface area contributed by atoms with Crippen molar-refractivity contribution in [2.45, 2.75) is 6.54 Å². The highest BCUT2D eigenvalue weighted by Gasteiger charge is 2.01. The molecule has 1 aromatic rings. The molecule has 1 rings (SSSR count). The maximum absolute atomic E-state index is 10.6. The van der Waals surface area contributed by atoms with Crippen molar-refractivity contribution in [2.24, 2.45) is 0 Å². The van der Waals surface area contributed by atoms with E-state index in [1.807, 2.05) is 0 Å². The Bertz CT molecular complexity index is 299. The quantitative estimate of drug-likeness (QED) is 0.534. The van der Waals surface area contributed by atoms with Gasteiger partial charge in [-0.3, -0.25) is 4.79 Å². The second kappa shape index (κ2) is 4.59. The van der Waals surface area contributed by atoms with Crippen LogP contribution in [0, 0.1) is 0 Å². The molecule has 2 N–H and O–H groups in total. The van der Waals surface area contributed by atoms with Gasteiger partial charge in [0.05, 0.1) is 7.11 Å². The molecule has 4 nitrogen and oxygen atoms in total. The number of hydrogen-bond donors (Lipinski definition) is 2. The highest BCUT2D eigenvalue weighted by atomic mass is 16.6. The Balaban J connectivity index is 2.87. The number of nitrogens with one attached hydrogen (secondary N) is 1. The minimum absolute atomic E-state index is 0.138. The summed E-state index contributed by atoms with van der Waals surface area (Å²) in [6, 6.07) is 4.56. The maximum atomic E-state index is 10.6. The van der Waals surface area contributed by atoms with Crippen molar-refractivity contribution < 1.29 is 14.7 Å². The van der Waals surface area contributed by atoms with Crippen LogP contribution in [0.4, 0.5) is 0 Å². The van der Waals surface area contributed by atoms with Gasteiger partial charge in [-0.15, -0.1) is 0 Å². The van der Waals surface area contributed by atoms with E-state index in [4.69, 9.17) is 5.11 Å². The highest BCUT2D eigenvalue weighted by Crippen LogP contribution is 2.14. The average molecular weight is 181 g/mol. The molecule has 4 heteroatoms. The average Bonchev–Trinajstić information content (AvgIpc) is 2.15. The van der Waals surface area contributed by atoms with Gasteiger partial charge in [-0.25, -0.2) is 0 Å². The fourth-order valence-electron chi connectivity index (χ4n) is 1.01. The fraction of sp³-hybridized carbons (Fsp3) is 0.222. The van der Waals surface area contributed by atoms with Crippen molar-refractivity contribution >= 4 is 6.29 Å². The first-order chi connectivity index (χ1) is 6.27. The number of hydroxylamine groups is 1. The van der Waals surface area contributed by atoms with E-state index in [1.54, 1.807) is 6.07 Å². The van der Waals surface area contributed by atoms with Crippen LogP contribution in [0.3, 0.4) is 0 Å². The molecule has 0 amide bonds. The number of carbonyl (C=O) groups is 1. The number of aldehydes is 1. The van der Waals surface area contributed by atoms with E-state index in [1.165, 1.54) is 19.2 Å². The minimum Gasteiger partial charge on any atom is -0.508 e. The van der Waals surface area contributed by atoms with Gasteiger partial charge in [0.25, 0.3) is 0 Å². The summed E-state index contributed by atoms with van der Waals surface area (Å²) in [5.41, 5.74) is 3.85. The Kier molecular flexibility index (Phi) is 3.42. The first-order valence-electron chi connectivity index (χ1n) is 3.81. The van der Waals surface area contributed by atoms with E-state index >= 15 is 0 Å². The van der Waals surface area contributed by atoms with Crippen molar-refractivity contribution in [3.63, 3.8) is 0 Å². The Morgan fingerprint density at radius 3 is 3.00 bits per heavy atom. The lowest BCUT2D eigenvalue weighted by Crippen LogP contribution is -2.12. The van der Waals surface area contributed by atoms with Crippen LogP contribution in [0.5, 0.6) is 5.75 Å². The number of phenols is 1. The van der Waals surface area contributed by atoms with E-state index in [0.717, 1.165) is 6.29 Å². The third-order valence-corrected chi connectivity index (χ3v) is 1.66. The number of carbonyl (C=O) groups excluding carboxylic acids is 1. The number of hydrogen-bond acceptors (Lipinski definition) is 4. The number of rotatable bonds is 4. The summed E-state index contributed by atoms with van der Waals surface area (Å²) in [6.45, 7) is 0.388. The summed E-state index contributed by atoms with van der Waals surface area (Å²) >= 11 is 0. The highest BCUT2D eigenvalue weighted by molar-refractivity contribution is 5.77. The van der Waals surface area contributed by atoms with E-state index < -0.39 is 0 Å². The van der Waals surface area contributed by atoms with Gasteiger partial charge < -0.3 is 9.94 Å². The van der Waals surface area contributed by atoms with Crippen LogP contribution >= 0.6 is 0 Å². The molecule has 0 aliphatic carbocycles. The molecular formula is C9H11NO3. The van der Waals surface area contributed by atoms with Crippen molar-refractivity contribution in [1.29, 1.82) is 0 Å². The first kappa shape index (κ1) is 9.70. The van der Waals surface area contributed by atoms with Gasteiger partial charge >= 0.3 is 0 Å². The van der Waals surface area contributed by atoms with Gasteiger partial charge in [0.1, 0.15) is 12.0 Å². The molecule has 0 aliphatic heterocycles. The molecule has 1 aromatic carbocycles. The number of phenolic OH excluding ortho intramolecular Hbond substituents is 1. The molecule has 13 heavy (non-hydrogen) atoms. The molecule has 0 saturated heterocycles. The summed E-state index contributed by atoms with van der Waals surface area (Å²) in [4.78, 5) is 15.2. The van der Waals surface area contributed by atoms with E-state index in [2.05, 4.69) is 10.3 Å². The van der Waals surface area contributed by atoms with Crippen LogP contribution in [0.25, 0.3) is 0 Å².